The number of aromatic nitrogens is 5. The van der Waals surface area contributed by atoms with Crippen molar-refractivity contribution < 1.29 is 9.53 Å². The molecule has 0 bridgehead atoms. The highest BCUT2D eigenvalue weighted by atomic mass is 32.1. The highest BCUT2D eigenvalue weighted by molar-refractivity contribution is 7.19. The number of aryl methyl sites for hydroxylation is 1. The van der Waals surface area contributed by atoms with Crippen molar-refractivity contribution in [2.45, 2.75) is 19.4 Å². The van der Waals surface area contributed by atoms with E-state index >= 15 is 0 Å². The first-order valence-corrected chi connectivity index (χ1v) is 11.5. The van der Waals surface area contributed by atoms with Crippen molar-refractivity contribution in [3.05, 3.63) is 35.2 Å². The summed E-state index contributed by atoms with van der Waals surface area (Å²) in [7, 11) is 7.64. The second-order valence-corrected chi connectivity index (χ2v) is 9.02. The molecule has 11 heteroatoms. The summed E-state index contributed by atoms with van der Waals surface area (Å²) >= 11 is 1.35. The number of imidazole rings is 1. The van der Waals surface area contributed by atoms with E-state index in [2.05, 4.69) is 49.1 Å². The normalized spacial score (nSPS) is 15.7. The highest BCUT2D eigenvalue weighted by Gasteiger charge is 2.25. The molecule has 5 rings (SSSR count). The number of thiazole rings is 1. The van der Waals surface area contributed by atoms with Gasteiger partial charge in [-0.1, -0.05) is 11.3 Å². The Labute approximate surface area is 196 Å². The SMILES string of the molecule is CN(C)C1CCN(c2ccc3nc(C=O)sc3n2)C1.CNc1cn2cc(C)nc2c(OC)n1. The molecule has 1 saturated heterocycles. The van der Waals surface area contributed by atoms with Gasteiger partial charge in [0.2, 0.25) is 5.65 Å². The molecule has 1 atom stereocenters. The number of nitrogens with one attached hydrogen (secondary N) is 1. The zero-order valence-corrected chi connectivity index (χ0v) is 20.3. The summed E-state index contributed by atoms with van der Waals surface area (Å²) in [4.78, 5) is 33.5. The Morgan fingerprint density at radius 1 is 1.21 bits per heavy atom. The predicted molar refractivity (Wildman–Crippen MR) is 131 cm³/mol. The first-order valence-electron chi connectivity index (χ1n) is 10.6. The number of carbonyl (C=O) groups excluding carboxylic acids is 1. The lowest BCUT2D eigenvalue weighted by Crippen LogP contribution is -2.31. The third-order valence-electron chi connectivity index (χ3n) is 5.55. The van der Waals surface area contributed by atoms with E-state index in [0.717, 1.165) is 59.1 Å². The van der Waals surface area contributed by atoms with Gasteiger partial charge in [-0.2, -0.15) is 4.98 Å². The molecular formula is C22H28N8O2S. The Hall–Kier alpha value is -3.31. The van der Waals surface area contributed by atoms with Crippen LogP contribution < -0.4 is 15.0 Å². The van der Waals surface area contributed by atoms with Gasteiger partial charge in [-0.25, -0.2) is 15.0 Å². The van der Waals surface area contributed by atoms with Crippen LogP contribution in [0.5, 0.6) is 5.88 Å². The number of aldehydes is 1. The topological polar surface area (TPSA) is 101 Å². The zero-order chi connectivity index (χ0) is 23.5. The monoisotopic (exact) mass is 468 g/mol. The van der Waals surface area contributed by atoms with Crippen LogP contribution in [0.1, 0.15) is 21.9 Å². The Morgan fingerprint density at radius 2 is 2.03 bits per heavy atom. The summed E-state index contributed by atoms with van der Waals surface area (Å²) in [6.45, 7) is 3.97. The van der Waals surface area contributed by atoms with Gasteiger partial charge in [-0.15, -0.1) is 0 Å². The van der Waals surface area contributed by atoms with Crippen LogP contribution in [0.15, 0.2) is 24.5 Å². The Bertz CT molecular complexity index is 1270. The van der Waals surface area contributed by atoms with E-state index in [9.17, 15) is 4.79 Å². The summed E-state index contributed by atoms with van der Waals surface area (Å²) in [5, 5.41) is 3.46. The van der Waals surface area contributed by atoms with Crippen LogP contribution >= 0.6 is 11.3 Å². The third-order valence-corrected chi connectivity index (χ3v) is 6.44. The van der Waals surface area contributed by atoms with Crippen LogP contribution in [0, 0.1) is 6.92 Å². The van der Waals surface area contributed by atoms with E-state index in [-0.39, 0.29) is 0 Å². The van der Waals surface area contributed by atoms with Crippen LogP contribution in [0.4, 0.5) is 11.6 Å². The maximum absolute atomic E-state index is 10.7. The number of methoxy groups -OCH3 is 1. The lowest BCUT2D eigenvalue weighted by atomic mass is 10.2. The van der Waals surface area contributed by atoms with Crippen LogP contribution in [-0.4, -0.2) is 82.9 Å². The molecule has 1 N–H and O–H groups in total. The summed E-state index contributed by atoms with van der Waals surface area (Å²) in [5.74, 6) is 2.27. The van der Waals surface area contributed by atoms with E-state index in [4.69, 9.17) is 4.74 Å². The number of hydrogen-bond donors (Lipinski definition) is 1. The average Bonchev–Trinajstić information content (AvgIpc) is 3.54. The number of pyridine rings is 1. The molecule has 1 fully saturated rings. The third kappa shape index (κ3) is 4.88. The van der Waals surface area contributed by atoms with E-state index in [1.807, 2.05) is 42.9 Å². The fraction of sp³-hybridized carbons (Fsp3) is 0.409. The lowest BCUT2D eigenvalue weighted by Gasteiger charge is -2.20. The summed E-state index contributed by atoms with van der Waals surface area (Å²) in [6.07, 6.45) is 5.75. The van der Waals surface area contributed by atoms with Crippen molar-refractivity contribution in [3.63, 3.8) is 0 Å². The molecule has 0 radical (unpaired) electrons. The molecule has 1 unspecified atom stereocenters. The quantitative estimate of drug-likeness (QED) is 0.443. The van der Waals surface area contributed by atoms with Crippen LogP contribution in [0.25, 0.3) is 16.0 Å². The largest absolute Gasteiger partial charge is 0.478 e. The molecule has 5 heterocycles. The molecule has 0 aliphatic carbocycles. The molecule has 0 saturated carbocycles. The van der Waals surface area contributed by atoms with E-state index < -0.39 is 0 Å². The smallest absolute Gasteiger partial charge is 0.260 e. The number of ether oxygens (including phenoxy) is 1. The zero-order valence-electron chi connectivity index (χ0n) is 19.4. The van der Waals surface area contributed by atoms with Crippen molar-refractivity contribution in [1.82, 2.24) is 29.2 Å². The summed E-state index contributed by atoms with van der Waals surface area (Å²) < 4.78 is 7.04. The van der Waals surface area contributed by atoms with Crippen LogP contribution in [0.3, 0.4) is 0 Å². The standard InChI is InChI=1S/C13H16N4OS.C9H12N4O/c1-16(2)9-5-6-17(7-9)11-4-3-10-13(15-11)19-12(8-18)14-10;1-6-4-13-5-7(10-2)12-9(14-3)8(13)11-6/h3-4,8-9H,5-7H2,1-2H3;4-5,10H,1-3H3. The lowest BCUT2D eigenvalue weighted by molar-refractivity contribution is 0.112. The molecule has 10 nitrogen and oxygen atoms in total. The molecule has 0 aromatic carbocycles. The van der Waals surface area contributed by atoms with Crippen molar-refractivity contribution in [3.8, 4) is 5.88 Å². The second kappa shape index (κ2) is 9.67. The molecule has 4 aromatic heterocycles. The number of hydrogen-bond acceptors (Lipinski definition) is 10. The van der Waals surface area contributed by atoms with Gasteiger partial charge in [0.15, 0.2) is 11.3 Å². The molecule has 4 aromatic rings. The minimum atomic E-state index is 0.493. The predicted octanol–water partition coefficient (Wildman–Crippen LogP) is 2.73. The van der Waals surface area contributed by atoms with Crippen LogP contribution in [0.2, 0.25) is 0 Å². The molecule has 1 aliphatic heterocycles. The Kier molecular flexibility index (Phi) is 6.70. The maximum Gasteiger partial charge on any atom is 0.260 e. The van der Waals surface area contributed by atoms with Gasteiger partial charge in [0, 0.05) is 32.4 Å². The van der Waals surface area contributed by atoms with Gasteiger partial charge in [0.1, 0.15) is 22.0 Å². The van der Waals surface area contributed by atoms with Gasteiger partial charge in [0.05, 0.1) is 19.0 Å². The van der Waals surface area contributed by atoms with Gasteiger partial charge in [0.25, 0.3) is 5.88 Å². The van der Waals surface area contributed by atoms with Crippen molar-refractivity contribution in [1.29, 1.82) is 0 Å². The molecular weight excluding hydrogens is 440 g/mol. The summed E-state index contributed by atoms with van der Waals surface area (Å²) in [5.41, 5.74) is 2.49. The van der Waals surface area contributed by atoms with Crippen molar-refractivity contribution in [2.75, 3.05) is 51.6 Å². The van der Waals surface area contributed by atoms with Gasteiger partial charge >= 0.3 is 0 Å². The fourth-order valence-electron chi connectivity index (χ4n) is 3.77. The molecule has 0 spiro atoms. The number of fused-ring (bicyclic) bond motifs is 2. The Balaban J connectivity index is 0.000000165. The second-order valence-electron chi connectivity index (χ2n) is 8.01. The summed E-state index contributed by atoms with van der Waals surface area (Å²) in [6, 6.07) is 4.53. The highest BCUT2D eigenvalue weighted by Crippen LogP contribution is 2.25. The first-order chi connectivity index (χ1) is 15.9. The van der Waals surface area contributed by atoms with Crippen molar-refractivity contribution >= 4 is 45.3 Å². The van der Waals surface area contributed by atoms with Gasteiger partial charge < -0.3 is 19.9 Å². The molecule has 1 aliphatic rings. The molecule has 0 amide bonds. The average molecular weight is 469 g/mol. The minimum absolute atomic E-state index is 0.493. The van der Waals surface area contributed by atoms with Gasteiger partial charge in [-0.05, 0) is 39.6 Å². The van der Waals surface area contributed by atoms with Gasteiger partial charge in [-0.3, -0.25) is 9.20 Å². The van der Waals surface area contributed by atoms with E-state index in [1.165, 1.54) is 11.3 Å². The maximum atomic E-state index is 10.7. The first kappa shape index (κ1) is 22.9. The van der Waals surface area contributed by atoms with E-state index in [1.54, 1.807) is 7.11 Å². The number of nitrogens with zero attached hydrogens (tertiary/aromatic N) is 7. The Morgan fingerprint density at radius 3 is 2.70 bits per heavy atom. The van der Waals surface area contributed by atoms with Crippen LogP contribution in [-0.2, 0) is 0 Å². The minimum Gasteiger partial charge on any atom is -0.478 e. The molecule has 174 valence electrons. The number of rotatable bonds is 5. The fourth-order valence-corrected chi connectivity index (χ4v) is 4.52. The van der Waals surface area contributed by atoms with E-state index in [0.29, 0.717) is 16.9 Å². The number of likely N-dealkylation sites (N-methyl/N-ethyl adjacent to an activating group) is 1. The number of carbonyl (C=O) groups is 1. The van der Waals surface area contributed by atoms with Crippen molar-refractivity contribution in [2.24, 2.45) is 0 Å². The number of anilines is 2. The molecule has 33 heavy (non-hydrogen) atoms.